The molecular formula is C16H21N3O3. The monoisotopic (exact) mass is 303 g/mol. The predicted octanol–water partition coefficient (Wildman–Crippen LogP) is 2.34. The van der Waals surface area contributed by atoms with Gasteiger partial charge in [-0.15, -0.1) is 0 Å². The average molecular weight is 303 g/mol. The van der Waals surface area contributed by atoms with Gasteiger partial charge in [0.2, 0.25) is 0 Å². The molecule has 1 aliphatic carbocycles. The van der Waals surface area contributed by atoms with Crippen molar-refractivity contribution in [1.29, 1.82) is 0 Å². The number of anilines is 1. The minimum Gasteiger partial charge on any atom is -0.507 e. The van der Waals surface area contributed by atoms with Gasteiger partial charge in [-0.2, -0.15) is 0 Å². The summed E-state index contributed by atoms with van der Waals surface area (Å²) >= 11 is 0. The highest BCUT2D eigenvalue weighted by molar-refractivity contribution is 5.71. The molecule has 0 saturated carbocycles. The number of allylic oxidation sites excluding steroid dienone is 3. The third-order valence-corrected chi connectivity index (χ3v) is 3.89. The van der Waals surface area contributed by atoms with E-state index in [0.29, 0.717) is 5.56 Å². The summed E-state index contributed by atoms with van der Waals surface area (Å²) in [7, 11) is 0. The van der Waals surface area contributed by atoms with Crippen LogP contribution in [0.25, 0.3) is 0 Å². The van der Waals surface area contributed by atoms with Gasteiger partial charge in [-0.1, -0.05) is 18.2 Å². The summed E-state index contributed by atoms with van der Waals surface area (Å²) in [5.74, 6) is -0.0797. The van der Waals surface area contributed by atoms with E-state index in [9.17, 15) is 9.90 Å². The zero-order valence-corrected chi connectivity index (χ0v) is 12.5. The molecule has 1 aromatic rings. The molecule has 118 valence electrons. The average Bonchev–Trinajstić information content (AvgIpc) is 2.36. The van der Waals surface area contributed by atoms with E-state index in [-0.39, 0.29) is 29.0 Å². The number of ether oxygens (including phenoxy) is 1. The van der Waals surface area contributed by atoms with Gasteiger partial charge in [-0.05, 0) is 25.7 Å². The smallest absolute Gasteiger partial charge is 0.409 e. The molecule has 1 amide bonds. The largest absolute Gasteiger partial charge is 0.507 e. The molecule has 0 spiro atoms. The van der Waals surface area contributed by atoms with E-state index < -0.39 is 6.09 Å². The molecule has 2 atom stereocenters. The van der Waals surface area contributed by atoms with Crippen LogP contribution in [0.15, 0.2) is 36.1 Å². The van der Waals surface area contributed by atoms with Gasteiger partial charge in [0.25, 0.3) is 0 Å². The third-order valence-electron chi connectivity index (χ3n) is 3.89. The van der Waals surface area contributed by atoms with Crippen LogP contribution in [-0.4, -0.2) is 11.2 Å². The van der Waals surface area contributed by atoms with E-state index in [0.717, 1.165) is 24.1 Å². The second kappa shape index (κ2) is 6.01. The Kier molecular flexibility index (Phi) is 4.30. The van der Waals surface area contributed by atoms with Crippen LogP contribution < -0.4 is 21.9 Å². The van der Waals surface area contributed by atoms with Gasteiger partial charge >= 0.3 is 6.09 Å². The maximum atomic E-state index is 11.1. The molecule has 2 rings (SSSR count). The van der Waals surface area contributed by atoms with Crippen molar-refractivity contribution in [3.05, 3.63) is 41.6 Å². The van der Waals surface area contributed by atoms with Gasteiger partial charge in [-0.25, -0.2) is 4.79 Å². The number of carbonyl (C=O) groups excluding carboxylic acids is 1. The minimum atomic E-state index is -0.967. The molecule has 22 heavy (non-hydrogen) atoms. The van der Waals surface area contributed by atoms with Crippen molar-refractivity contribution in [2.45, 2.75) is 25.7 Å². The summed E-state index contributed by atoms with van der Waals surface area (Å²) in [6, 6.07) is 2.88. The number of benzene rings is 1. The highest BCUT2D eigenvalue weighted by Gasteiger charge is 2.31. The standard InChI is InChI=1S/C16H21N3O3/c1-8(2)11-4-3-9(17)5-12(11)15-13(20)6-10(18)7-14(15)22-16(19)21/h5-7,11-12,20H,1,3-4,17-18H2,2H3,(H2,19,21). The van der Waals surface area contributed by atoms with Crippen LogP contribution in [0.3, 0.4) is 0 Å². The normalized spacial score (nSPS) is 21.0. The van der Waals surface area contributed by atoms with Crippen molar-refractivity contribution >= 4 is 11.8 Å². The van der Waals surface area contributed by atoms with Gasteiger partial charge in [0, 0.05) is 35.0 Å². The molecule has 1 aliphatic rings. The Labute approximate surface area is 129 Å². The highest BCUT2D eigenvalue weighted by Crippen LogP contribution is 2.46. The lowest BCUT2D eigenvalue weighted by molar-refractivity contribution is 0.210. The molecule has 0 fully saturated rings. The molecule has 2 unspecified atom stereocenters. The lowest BCUT2D eigenvalue weighted by Crippen LogP contribution is -2.22. The fourth-order valence-electron chi connectivity index (χ4n) is 2.93. The molecule has 0 radical (unpaired) electrons. The molecule has 0 bridgehead atoms. The van der Waals surface area contributed by atoms with Gasteiger partial charge in [0.15, 0.2) is 0 Å². The number of primary amides is 1. The first-order valence-electron chi connectivity index (χ1n) is 7.00. The first kappa shape index (κ1) is 15.8. The molecule has 1 aromatic carbocycles. The zero-order valence-electron chi connectivity index (χ0n) is 12.5. The summed E-state index contributed by atoms with van der Waals surface area (Å²) in [6.45, 7) is 5.94. The van der Waals surface area contributed by atoms with Crippen molar-refractivity contribution in [3.63, 3.8) is 0 Å². The van der Waals surface area contributed by atoms with Crippen LogP contribution in [-0.2, 0) is 0 Å². The maximum absolute atomic E-state index is 11.1. The fourth-order valence-corrected chi connectivity index (χ4v) is 2.93. The van der Waals surface area contributed by atoms with Crippen LogP contribution in [0, 0.1) is 5.92 Å². The van der Waals surface area contributed by atoms with Crippen molar-refractivity contribution in [2.24, 2.45) is 17.4 Å². The van der Waals surface area contributed by atoms with E-state index in [4.69, 9.17) is 21.9 Å². The quantitative estimate of drug-likeness (QED) is 0.504. The van der Waals surface area contributed by atoms with E-state index in [1.54, 1.807) is 0 Å². The number of aromatic hydroxyl groups is 1. The van der Waals surface area contributed by atoms with Crippen LogP contribution in [0.2, 0.25) is 0 Å². The number of carbonyl (C=O) groups is 1. The Hall–Kier alpha value is -2.63. The van der Waals surface area contributed by atoms with Crippen molar-refractivity contribution in [3.8, 4) is 11.5 Å². The highest BCUT2D eigenvalue weighted by atomic mass is 16.5. The Morgan fingerprint density at radius 1 is 1.41 bits per heavy atom. The number of nitrogen functional groups attached to an aromatic ring is 1. The van der Waals surface area contributed by atoms with Crippen molar-refractivity contribution in [2.75, 3.05) is 5.73 Å². The van der Waals surface area contributed by atoms with Crippen LogP contribution >= 0.6 is 0 Å². The SMILES string of the molecule is C=C(C)C1CCC(N)=CC1c1c(O)cc(N)cc1OC(N)=O. The Balaban J connectivity index is 2.59. The molecule has 0 aromatic heterocycles. The zero-order chi connectivity index (χ0) is 16.4. The first-order chi connectivity index (χ1) is 10.3. The summed E-state index contributed by atoms with van der Waals surface area (Å²) < 4.78 is 5.02. The Bertz CT molecular complexity index is 652. The van der Waals surface area contributed by atoms with Gasteiger partial charge in [0.1, 0.15) is 11.5 Å². The van der Waals surface area contributed by atoms with E-state index >= 15 is 0 Å². The van der Waals surface area contributed by atoms with Crippen LogP contribution in [0.4, 0.5) is 10.5 Å². The number of hydrogen-bond acceptors (Lipinski definition) is 5. The summed E-state index contributed by atoms with van der Waals surface area (Å²) in [5, 5.41) is 10.3. The maximum Gasteiger partial charge on any atom is 0.409 e. The Morgan fingerprint density at radius 2 is 2.09 bits per heavy atom. The van der Waals surface area contributed by atoms with Gasteiger partial charge in [0.05, 0.1) is 0 Å². The van der Waals surface area contributed by atoms with Gasteiger partial charge in [-0.3, -0.25) is 0 Å². The van der Waals surface area contributed by atoms with Crippen molar-refractivity contribution < 1.29 is 14.6 Å². The molecular weight excluding hydrogens is 282 g/mol. The number of nitrogens with two attached hydrogens (primary N) is 3. The molecule has 6 nitrogen and oxygen atoms in total. The molecule has 0 aliphatic heterocycles. The van der Waals surface area contributed by atoms with Crippen LogP contribution in [0.5, 0.6) is 11.5 Å². The van der Waals surface area contributed by atoms with E-state index in [1.807, 2.05) is 13.0 Å². The molecule has 6 heteroatoms. The second-order valence-corrected chi connectivity index (χ2v) is 5.63. The topological polar surface area (TPSA) is 125 Å². The summed E-state index contributed by atoms with van der Waals surface area (Å²) in [5.41, 5.74) is 19.2. The number of phenolic OH excluding ortho intramolecular Hbond substituents is 1. The number of rotatable bonds is 3. The molecule has 7 N–H and O–H groups in total. The Morgan fingerprint density at radius 3 is 2.68 bits per heavy atom. The van der Waals surface area contributed by atoms with Gasteiger partial charge < -0.3 is 27.0 Å². The summed E-state index contributed by atoms with van der Waals surface area (Å²) in [4.78, 5) is 11.1. The van der Waals surface area contributed by atoms with E-state index in [2.05, 4.69) is 6.58 Å². The third kappa shape index (κ3) is 3.16. The number of hydrogen-bond donors (Lipinski definition) is 4. The number of amides is 1. The molecule has 0 heterocycles. The lowest BCUT2D eigenvalue weighted by atomic mass is 9.75. The number of phenols is 1. The molecule has 0 saturated heterocycles. The van der Waals surface area contributed by atoms with Crippen molar-refractivity contribution in [1.82, 2.24) is 0 Å². The second-order valence-electron chi connectivity index (χ2n) is 5.63. The minimum absolute atomic E-state index is 0.0570. The van der Waals surface area contributed by atoms with Crippen LogP contribution in [0.1, 0.15) is 31.2 Å². The lowest BCUT2D eigenvalue weighted by Gasteiger charge is -2.31. The first-order valence-corrected chi connectivity index (χ1v) is 7.00. The fraction of sp³-hybridized carbons (Fsp3) is 0.312. The predicted molar refractivity (Wildman–Crippen MR) is 85.3 cm³/mol. The van der Waals surface area contributed by atoms with E-state index in [1.165, 1.54) is 12.1 Å². The summed E-state index contributed by atoms with van der Waals surface area (Å²) in [6.07, 6.45) is 2.46.